The van der Waals surface area contributed by atoms with Crippen molar-refractivity contribution >= 4 is 11.8 Å². The second-order valence-electron chi connectivity index (χ2n) is 3.52. The van der Waals surface area contributed by atoms with E-state index in [1.165, 1.54) is 30.6 Å². The average molecular weight is 185 g/mol. The topological polar surface area (TPSA) is 12.0 Å². The normalized spacial score (nSPS) is 26.7. The van der Waals surface area contributed by atoms with Crippen LogP contribution in [0.3, 0.4) is 0 Å². The molecule has 2 heteroatoms. The molecule has 1 aliphatic rings. The molecule has 2 unspecified atom stereocenters. The van der Waals surface area contributed by atoms with Crippen LogP contribution in [0.25, 0.3) is 0 Å². The highest BCUT2D eigenvalue weighted by molar-refractivity contribution is 8.00. The van der Waals surface area contributed by atoms with Gasteiger partial charge in [-0.3, -0.25) is 0 Å². The molecule has 1 rings (SSSR count). The maximum Gasteiger partial charge on any atom is 0.0391 e. The Morgan fingerprint density at radius 3 is 2.75 bits per heavy atom. The second kappa shape index (κ2) is 4.93. The molecule has 1 saturated heterocycles. The first-order valence-corrected chi connectivity index (χ1v) is 5.75. The van der Waals surface area contributed by atoms with E-state index >= 15 is 0 Å². The first-order chi connectivity index (χ1) is 5.75. The van der Waals surface area contributed by atoms with Gasteiger partial charge >= 0.3 is 0 Å². The maximum absolute atomic E-state index is 4.03. The third-order valence-corrected chi connectivity index (χ3v) is 3.89. The molecule has 0 saturated carbocycles. The summed E-state index contributed by atoms with van der Waals surface area (Å²) in [6, 6.07) is 0.523. The van der Waals surface area contributed by atoms with Crippen LogP contribution in [0.1, 0.15) is 26.2 Å². The van der Waals surface area contributed by atoms with E-state index in [0.717, 1.165) is 5.25 Å². The van der Waals surface area contributed by atoms with Crippen molar-refractivity contribution in [2.75, 3.05) is 12.8 Å². The van der Waals surface area contributed by atoms with Gasteiger partial charge in [-0.2, -0.15) is 11.8 Å². The van der Waals surface area contributed by atoms with E-state index in [9.17, 15) is 0 Å². The lowest BCUT2D eigenvalue weighted by Crippen LogP contribution is -2.37. The van der Waals surface area contributed by atoms with Crippen LogP contribution in [0, 0.1) is 0 Å². The minimum Gasteiger partial charge on any atom is -0.312 e. The van der Waals surface area contributed by atoms with E-state index in [2.05, 4.69) is 30.6 Å². The van der Waals surface area contributed by atoms with Gasteiger partial charge in [0.25, 0.3) is 0 Å². The van der Waals surface area contributed by atoms with Crippen LogP contribution in [0.2, 0.25) is 0 Å². The summed E-state index contributed by atoms with van der Waals surface area (Å²) < 4.78 is 0. The third-order valence-electron chi connectivity index (χ3n) is 2.43. The summed E-state index contributed by atoms with van der Waals surface area (Å²) in [6.45, 7) is 6.15. The van der Waals surface area contributed by atoms with Gasteiger partial charge in [0, 0.05) is 11.3 Å². The molecule has 0 bridgehead atoms. The largest absolute Gasteiger partial charge is 0.312 e. The van der Waals surface area contributed by atoms with E-state index in [1.54, 1.807) is 0 Å². The molecule has 1 N–H and O–H groups in total. The van der Waals surface area contributed by atoms with Crippen molar-refractivity contribution in [2.45, 2.75) is 37.5 Å². The number of rotatable bonds is 3. The van der Waals surface area contributed by atoms with E-state index in [0.29, 0.717) is 6.04 Å². The molecule has 1 aliphatic heterocycles. The highest BCUT2D eigenvalue weighted by Gasteiger charge is 2.22. The second-order valence-corrected chi connectivity index (χ2v) is 4.86. The van der Waals surface area contributed by atoms with Crippen molar-refractivity contribution in [1.29, 1.82) is 0 Å². The zero-order valence-electron chi connectivity index (χ0n) is 8.10. The van der Waals surface area contributed by atoms with Crippen molar-refractivity contribution in [3.8, 4) is 0 Å². The molecule has 1 fully saturated rings. The summed E-state index contributed by atoms with van der Waals surface area (Å²) in [5, 5.41) is 4.12. The summed E-state index contributed by atoms with van der Waals surface area (Å²) in [5.41, 5.74) is 1.27. The van der Waals surface area contributed by atoms with Crippen LogP contribution in [0.15, 0.2) is 12.2 Å². The van der Waals surface area contributed by atoms with Crippen molar-refractivity contribution in [3.05, 3.63) is 12.2 Å². The van der Waals surface area contributed by atoms with Crippen molar-refractivity contribution in [3.63, 3.8) is 0 Å². The maximum atomic E-state index is 4.03. The number of hydrogen-bond acceptors (Lipinski definition) is 2. The molecule has 70 valence electrons. The molecule has 0 amide bonds. The minimum absolute atomic E-state index is 0.523. The molecular formula is C10H19NS. The monoisotopic (exact) mass is 185 g/mol. The Kier molecular flexibility index (Phi) is 4.16. The van der Waals surface area contributed by atoms with Crippen LogP contribution in [0.4, 0.5) is 0 Å². The van der Waals surface area contributed by atoms with Gasteiger partial charge in [-0.25, -0.2) is 0 Å². The van der Waals surface area contributed by atoms with Crippen LogP contribution in [-0.4, -0.2) is 24.1 Å². The molecule has 1 nitrogen and oxygen atoms in total. The first kappa shape index (κ1) is 10.1. The van der Waals surface area contributed by atoms with Gasteiger partial charge in [0.2, 0.25) is 0 Å². The van der Waals surface area contributed by atoms with E-state index in [4.69, 9.17) is 0 Å². The number of likely N-dealkylation sites (N-methyl/N-ethyl adjacent to an activating group) is 1. The Balaban J connectivity index is 2.46. The molecule has 0 spiro atoms. The minimum atomic E-state index is 0.523. The summed E-state index contributed by atoms with van der Waals surface area (Å²) in [4.78, 5) is 0. The van der Waals surface area contributed by atoms with Gasteiger partial charge in [0.15, 0.2) is 0 Å². The Bertz CT molecular complexity index is 150. The molecule has 0 radical (unpaired) electrons. The Hall–Kier alpha value is 0.0500. The molecule has 0 aromatic rings. The Morgan fingerprint density at radius 2 is 2.33 bits per heavy atom. The van der Waals surface area contributed by atoms with Crippen LogP contribution in [-0.2, 0) is 0 Å². The van der Waals surface area contributed by atoms with Crippen molar-refractivity contribution in [1.82, 2.24) is 5.32 Å². The van der Waals surface area contributed by atoms with E-state index in [1.807, 2.05) is 7.05 Å². The van der Waals surface area contributed by atoms with Gasteiger partial charge < -0.3 is 5.32 Å². The van der Waals surface area contributed by atoms with Gasteiger partial charge in [0.1, 0.15) is 0 Å². The highest BCUT2D eigenvalue weighted by atomic mass is 32.2. The fourth-order valence-electron chi connectivity index (χ4n) is 1.78. The van der Waals surface area contributed by atoms with Crippen LogP contribution >= 0.6 is 11.8 Å². The summed E-state index contributed by atoms with van der Waals surface area (Å²) in [7, 11) is 2.04. The lowest BCUT2D eigenvalue weighted by Gasteiger charge is -2.29. The Labute approximate surface area is 80.0 Å². The van der Waals surface area contributed by atoms with Crippen molar-refractivity contribution < 1.29 is 0 Å². The molecule has 1 heterocycles. The number of thioether (sulfide) groups is 1. The zero-order valence-corrected chi connectivity index (χ0v) is 8.91. The fraction of sp³-hybridized carbons (Fsp3) is 0.800. The third kappa shape index (κ3) is 2.53. The lowest BCUT2D eigenvalue weighted by molar-refractivity contribution is 0.547. The predicted molar refractivity (Wildman–Crippen MR) is 57.8 cm³/mol. The summed E-state index contributed by atoms with van der Waals surface area (Å²) in [5.74, 6) is 1.33. The summed E-state index contributed by atoms with van der Waals surface area (Å²) in [6.07, 6.45) is 4.14. The summed E-state index contributed by atoms with van der Waals surface area (Å²) >= 11 is 2.10. The van der Waals surface area contributed by atoms with Gasteiger partial charge in [-0.1, -0.05) is 18.6 Å². The van der Waals surface area contributed by atoms with Gasteiger partial charge in [0.05, 0.1) is 0 Å². The van der Waals surface area contributed by atoms with Crippen LogP contribution in [0.5, 0.6) is 0 Å². The molecule has 2 atom stereocenters. The van der Waals surface area contributed by atoms with Gasteiger partial charge in [-0.05, 0) is 32.6 Å². The quantitative estimate of drug-likeness (QED) is 0.678. The van der Waals surface area contributed by atoms with E-state index in [-0.39, 0.29) is 0 Å². The highest BCUT2D eigenvalue weighted by Crippen LogP contribution is 2.29. The first-order valence-electron chi connectivity index (χ1n) is 4.70. The fourth-order valence-corrected chi connectivity index (χ4v) is 3.35. The lowest BCUT2D eigenvalue weighted by atomic mass is 10.0. The number of nitrogens with one attached hydrogen (secondary N) is 1. The molecule has 0 aromatic heterocycles. The average Bonchev–Trinajstić information content (AvgIpc) is 2.07. The molecule has 12 heavy (non-hydrogen) atoms. The smallest absolute Gasteiger partial charge is 0.0391 e. The Morgan fingerprint density at radius 1 is 1.58 bits per heavy atom. The molecule has 0 aliphatic carbocycles. The standard InChI is InChI=1S/C10H19NS/c1-8(2)10(11-3)9-6-4-5-7-12-9/h9-11H,1,4-7H2,2-3H3. The van der Waals surface area contributed by atoms with E-state index < -0.39 is 0 Å². The molecular weight excluding hydrogens is 166 g/mol. The SMILES string of the molecule is C=C(C)C(NC)C1CCCCS1. The van der Waals surface area contributed by atoms with Gasteiger partial charge in [-0.15, -0.1) is 0 Å². The van der Waals surface area contributed by atoms with Crippen LogP contribution < -0.4 is 5.32 Å². The van der Waals surface area contributed by atoms with Crippen molar-refractivity contribution in [2.24, 2.45) is 0 Å². The zero-order chi connectivity index (χ0) is 8.97. The number of hydrogen-bond donors (Lipinski definition) is 1. The molecule has 0 aromatic carbocycles. The predicted octanol–water partition coefficient (Wildman–Crippen LogP) is 2.44.